The molecule has 128 valence electrons. The van der Waals surface area contributed by atoms with Gasteiger partial charge >= 0.3 is 5.97 Å². The summed E-state index contributed by atoms with van der Waals surface area (Å²) in [7, 11) is 1.33. The van der Waals surface area contributed by atoms with Gasteiger partial charge in [-0.1, -0.05) is 22.0 Å². The van der Waals surface area contributed by atoms with E-state index in [1.54, 1.807) is 36.4 Å². The number of hydrogen-bond donors (Lipinski definition) is 0. The summed E-state index contributed by atoms with van der Waals surface area (Å²) in [6.07, 6.45) is 1.51. The predicted octanol–water partition coefficient (Wildman–Crippen LogP) is 3.02. The van der Waals surface area contributed by atoms with Crippen LogP contribution in [0.4, 0.5) is 0 Å². The molecule has 0 aliphatic carbocycles. The highest BCUT2D eigenvalue weighted by Gasteiger charge is 2.07. The normalized spacial score (nSPS) is 10.6. The van der Waals surface area contributed by atoms with Crippen LogP contribution in [-0.4, -0.2) is 29.2 Å². The first-order valence-electron chi connectivity index (χ1n) is 7.54. The van der Waals surface area contributed by atoms with Crippen LogP contribution in [0.25, 0.3) is 10.9 Å². The summed E-state index contributed by atoms with van der Waals surface area (Å²) in [6.45, 7) is 0.614. The molecule has 7 heteroatoms. The SMILES string of the molecule is COC(=O)c1cccc(OCCn2cnc3ccc(Br)cc3c2=O)c1. The largest absolute Gasteiger partial charge is 0.492 e. The molecule has 0 saturated heterocycles. The Bertz CT molecular complexity index is 984. The van der Waals surface area contributed by atoms with E-state index in [1.165, 1.54) is 18.0 Å². The second kappa shape index (κ2) is 7.48. The Morgan fingerprint density at radius 3 is 2.88 bits per heavy atom. The third-order valence-corrected chi connectivity index (χ3v) is 4.14. The molecule has 3 aromatic rings. The van der Waals surface area contributed by atoms with Crippen LogP contribution in [0.2, 0.25) is 0 Å². The minimum atomic E-state index is -0.425. The lowest BCUT2D eigenvalue weighted by Crippen LogP contribution is -2.23. The number of halogens is 1. The minimum Gasteiger partial charge on any atom is -0.492 e. The molecule has 0 aliphatic rings. The summed E-state index contributed by atoms with van der Waals surface area (Å²) in [5.41, 5.74) is 0.934. The molecular weight excluding hydrogens is 388 g/mol. The van der Waals surface area contributed by atoms with Gasteiger partial charge in [-0.25, -0.2) is 9.78 Å². The molecule has 3 rings (SSSR count). The zero-order valence-corrected chi connectivity index (χ0v) is 15.0. The Hall–Kier alpha value is -2.67. The van der Waals surface area contributed by atoms with Crippen molar-refractivity contribution in [3.8, 4) is 5.75 Å². The fraction of sp³-hybridized carbons (Fsp3) is 0.167. The highest BCUT2D eigenvalue weighted by molar-refractivity contribution is 9.10. The quantitative estimate of drug-likeness (QED) is 0.613. The minimum absolute atomic E-state index is 0.127. The van der Waals surface area contributed by atoms with E-state index in [0.717, 1.165) is 4.47 Å². The lowest BCUT2D eigenvalue weighted by atomic mass is 10.2. The molecule has 0 spiro atoms. The van der Waals surface area contributed by atoms with Crippen molar-refractivity contribution in [2.75, 3.05) is 13.7 Å². The van der Waals surface area contributed by atoms with Crippen LogP contribution in [0.5, 0.6) is 5.75 Å². The molecule has 0 radical (unpaired) electrons. The Morgan fingerprint density at radius 1 is 1.24 bits per heavy atom. The summed E-state index contributed by atoms with van der Waals surface area (Å²) in [5, 5.41) is 0.546. The van der Waals surface area contributed by atoms with Crippen molar-refractivity contribution in [3.63, 3.8) is 0 Å². The fourth-order valence-electron chi connectivity index (χ4n) is 2.38. The molecule has 1 aromatic heterocycles. The molecule has 6 nitrogen and oxygen atoms in total. The van der Waals surface area contributed by atoms with Crippen LogP contribution < -0.4 is 10.3 Å². The van der Waals surface area contributed by atoms with E-state index in [1.807, 2.05) is 6.07 Å². The van der Waals surface area contributed by atoms with Gasteiger partial charge in [0.25, 0.3) is 5.56 Å². The van der Waals surface area contributed by atoms with Gasteiger partial charge in [0.2, 0.25) is 0 Å². The molecule has 2 aromatic carbocycles. The second-order valence-corrected chi connectivity index (χ2v) is 6.19. The van der Waals surface area contributed by atoms with Gasteiger partial charge in [-0.15, -0.1) is 0 Å². The number of ether oxygens (including phenoxy) is 2. The van der Waals surface area contributed by atoms with Gasteiger partial charge in [-0.3, -0.25) is 9.36 Å². The van der Waals surface area contributed by atoms with Crippen molar-refractivity contribution >= 4 is 32.8 Å². The number of hydrogen-bond acceptors (Lipinski definition) is 5. The van der Waals surface area contributed by atoms with Crippen molar-refractivity contribution in [3.05, 3.63) is 69.2 Å². The monoisotopic (exact) mass is 402 g/mol. The lowest BCUT2D eigenvalue weighted by Gasteiger charge is -2.09. The first kappa shape index (κ1) is 17.2. The highest BCUT2D eigenvalue weighted by Crippen LogP contribution is 2.16. The van der Waals surface area contributed by atoms with Crippen LogP contribution >= 0.6 is 15.9 Å². The Kier molecular flexibility index (Phi) is 5.14. The van der Waals surface area contributed by atoms with Gasteiger partial charge in [0, 0.05) is 4.47 Å². The van der Waals surface area contributed by atoms with Crippen molar-refractivity contribution in [2.24, 2.45) is 0 Å². The second-order valence-electron chi connectivity index (χ2n) is 5.27. The number of esters is 1. The van der Waals surface area contributed by atoms with Gasteiger partial charge in [0.1, 0.15) is 12.4 Å². The van der Waals surface area contributed by atoms with Crippen LogP contribution in [0, 0.1) is 0 Å². The maximum atomic E-state index is 12.5. The van der Waals surface area contributed by atoms with Crippen molar-refractivity contribution in [1.82, 2.24) is 9.55 Å². The first-order chi connectivity index (χ1) is 12.1. The third-order valence-electron chi connectivity index (χ3n) is 3.64. The van der Waals surface area contributed by atoms with Crippen molar-refractivity contribution in [1.29, 1.82) is 0 Å². The number of aromatic nitrogens is 2. The number of carbonyl (C=O) groups excluding carboxylic acids is 1. The summed E-state index contributed by atoms with van der Waals surface area (Å²) in [6, 6.07) is 12.1. The lowest BCUT2D eigenvalue weighted by molar-refractivity contribution is 0.0600. The molecule has 0 fully saturated rings. The average Bonchev–Trinajstić information content (AvgIpc) is 2.63. The molecule has 1 heterocycles. The third kappa shape index (κ3) is 3.88. The van der Waals surface area contributed by atoms with E-state index in [4.69, 9.17) is 4.74 Å². The number of rotatable bonds is 5. The Labute approximate surface area is 152 Å². The average molecular weight is 403 g/mol. The number of fused-ring (bicyclic) bond motifs is 1. The van der Waals surface area contributed by atoms with Crippen LogP contribution in [0.15, 0.2) is 58.1 Å². The van der Waals surface area contributed by atoms with Crippen LogP contribution in [-0.2, 0) is 11.3 Å². The summed E-state index contributed by atoms with van der Waals surface area (Å²) < 4.78 is 12.6. The number of benzene rings is 2. The van der Waals surface area contributed by atoms with Gasteiger partial charge in [-0.05, 0) is 36.4 Å². The molecule has 0 bridgehead atoms. The molecule has 0 aliphatic heterocycles. The molecule has 0 atom stereocenters. The molecular formula is C18H15BrN2O4. The smallest absolute Gasteiger partial charge is 0.337 e. The van der Waals surface area contributed by atoms with Crippen molar-refractivity contribution in [2.45, 2.75) is 6.54 Å². The van der Waals surface area contributed by atoms with E-state index < -0.39 is 5.97 Å². The van der Waals surface area contributed by atoms with Gasteiger partial charge in [-0.2, -0.15) is 0 Å². The topological polar surface area (TPSA) is 70.4 Å². The van der Waals surface area contributed by atoms with E-state index >= 15 is 0 Å². The number of nitrogens with zero attached hydrogens (tertiary/aromatic N) is 2. The predicted molar refractivity (Wildman–Crippen MR) is 97.0 cm³/mol. The molecule has 0 unspecified atom stereocenters. The summed E-state index contributed by atoms with van der Waals surface area (Å²) in [4.78, 5) is 28.3. The van der Waals surface area contributed by atoms with E-state index in [2.05, 4.69) is 25.7 Å². The first-order valence-corrected chi connectivity index (χ1v) is 8.33. The van der Waals surface area contributed by atoms with Crippen LogP contribution in [0.3, 0.4) is 0 Å². The number of methoxy groups -OCH3 is 1. The zero-order valence-electron chi connectivity index (χ0n) is 13.4. The molecule has 0 amide bonds. The van der Waals surface area contributed by atoms with E-state index in [9.17, 15) is 9.59 Å². The van der Waals surface area contributed by atoms with Crippen molar-refractivity contribution < 1.29 is 14.3 Å². The standard InChI is InChI=1S/C18H15BrN2O4/c1-24-18(23)12-3-2-4-14(9-12)25-8-7-21-11-20-16-6-5-13(19)10-15(16)17(21)22/h2-6,9-11H,7-8H2,1H3. The summed E-state index contributed by atoms with van der Waals surface area (Å²) in [5.74, 6) is 0.110. The molecule has 0 saturated carbocycles. The maximum absolute atomic E-state index is 12.5. The van der Waals surface area contributed by atoms with E-state index in [-0.39, 0.29) is 12.2 Å². The zero-order chi connectivity index (χ0) is 17.8. The van der Waals surface area contributed by atoms with Gasteiger partial charge in [0.05, 0.1) is 36.4 Å². The summed E-state index contributed by atoms with van der Waals surface area (Å²) >= 11 is 3.36. The van der Waals surface area contributed by atoms with Crippen LogP contribution in [0.1, 0.15) is 10.4 Å². The Balaban J connectivity index is 1.72. The molecule has 0 N–H and O–H groups in total. The van der Waals surface area contributed by atoms with Gasteiger partial charge < -0.3 is 9.47 Å². The number of carbonyl (C=O) groups is 1. The van der Waals surface area contributed by atoms with Gasteiger partial charge in [0.15, 0.2) is 0 Å². The van der Waals surface area contributed by atoms with E-state index in [0.29, 0.717) is 28.8 Å². The highest BCUT2D eigenvalue weighted by atomic mass is 79.9. The maximum Gasteiger partial charge on any atom is 0.337 e. The molecule has 25 heavy (non-hydrogen) atoms. The Morgan fingerprint density at radius 2 is 2.08 bits per heavy atom. The fourth-order valence-corrected chi connectivity index (χ4v) is 2.74.